The largest absolute Gasteiger partial charge is 0.298 e. The summed E-state index contributed by atoms with van der Waals surface area (Å²) in [7, 11) is 0. The molecule has 0 atom stereocenters. The molecular formula is C8H10O2. The zero-order valence-corrected chi connectivity index (χ0v) is 6.18. The molecule has 1 aliphatic rings. The van der Waals surface area contributed by atoms with Crippen LogP contribution in [0.3, 0.4) is 0 Å². The maximum Gasteiger partial charge on any atom is 0.156 e. The Bertz CT molecular complexity index is 211. The van der Waals surface area contributed by atoms with Gasteiger partial charge >= 0.3 is 0 Å². The Morgan fingerprint density at radius 3 is 2.40 bits per heavy atom. The Hall–Kier alpha value is -0.920. The van der Waals surface area contributed by atoms with Gasteiger partial charge in [0.25, 0.3) is 0 Å². The summed E-state index contributed by atoms with van der Waals surface area (Å²) in [5.74, 6) is 0.0621. The first-order valence-corrected chi connectivity index (χ1v) is 3.26. The van der Waals surface area contributed by atoms with E-state index in [1.54, 1.807) is 0 Å². The molecule has 0 radical (unpaired) electrons. The van der Waals surface area contributed by atoms with E-state index in [9.17, 15) is 9.59 Å². The quantitative estimate of drug-likeness (QED) is 0.508. The van der Waals surface area contributed by atoms with Gasteiger partial charge < -0.3 is 0 Å². The minimum atomic E-state index is -0.223. The van der Waals surface area contributed by atoms with E-state index in [0.717, 1.165) is 6.29 Å². The van der Waals surface area contributed by atoms with Crippen molar-refractivity contribution in [2.24, 2.45) is 5.41 Å². The highest BCUT2D eigenvalue weighted by Crippen LogP contribution is 2.34. The lowest BCUT2D eigenvalue weighted by Gasteiger charge is -2.16. The van der Waals surface area contributed by atoms with Gasteiger partial charge in [0.05, 0.1) is 0 Å². The molecule has 1 rings (SSSR count). The van der Waals surface area contributed by atoms with Gasteiger partial charge in [-0.15, -0.1) is 0 Å². The SMILES string of the molecule is CC1(C)CC(=O)C=C1C=O. The van der Waals surface area contributed by atoms with Gasteiger partial charge in [0.1, 0.15) is 6.29 Å². The highest BCUT2D eigenvalue weighted by Gasteiger charge is 2.31. The number of carbonyl (C=O) groups is 2. The van der Waals surface area contributed by atoms with Crippen molar-refractivity contribution in [1.82, 2.24) is 0 Å². The molecule has 0 spiro atoms. The normalized spacial score (nSPS) is 22.6. The molecule has 0 aromatic carbocycles. The van der Waals surface area contributed by atoms with Crippen LogP contribution in [0.2, 0.25) is 0 Å². The fraction of sp³-hybridized carbons (Fsp3) is 0.500. The number of ketones is 1. The van der Waals surface area contributed by atoms with Crippen molar-refractivity contribution >= 4 is 12.1 Å². The molecule has 2 heteroatoms. The molecule has 0 amide bonds. The third-order valence-electron chi connectivity index (χ3n) is 1.84. The zero-order valence-electron chi connectivity index (χ0n) is 6.18. The van der Waals surface area contributed by atoms with Crippen molar-refractivity contribution in [3.63, 3.8) is 0 Å². The van der Waals surface area contributed by atoms with Gasteiger partial charge in [-0.2, -0.15) is 0 Å². The van der Waals surface area contributed by atoms with Crippen molar-refractivity contribution < 1.29 is 9.59 Å². The molecule has 0 heterocycles. The van der Waals surface area contributed by atoms with Crippen LogP contribution in [0.4, 0.5) is 0 Å². The molecule has 0 fully saturated rings. The van der Waals surface area contributed by atoms with Crippen molar-refractivity contribution in [3.8, 4) is 0 Å². The van der Waals surface area contributed by atoms with Crippen LogP contribution in [0.15, 0.2) is 11.6 Å². The van der Waals surface area contributed by atoms with Crippen molar-refractivity contribution in [2.45, 2.75) is 20.3 Å². The first kappa shape index (κ1) is 7.19. The highest BCUT2D eigenvalue weighted by molar-refractivity contribution is 6.00. The van der Waals surface area contributed by atoms with Crippen LogP contribution in [-0.4, -0.2) is 12.1 Å². The molecule has 0 saturated heterocycles. The monoisotopic (exact) mass is 138 g/mol. The number of aldehydes is 1. The second-order valence-corrected chi connectivity index (χ2v) is 3.24. The fourth-order valence-electron chi connectivity index (χ4n) is 1.15. The molecule has 0 saturated carbocycles. The summed E-state index contributed by atoms with van der Waals surface area (Å²) in [5.41, 5.74) is 0.399. The van der Waals surface area contributed by atoms with E-state index in [2.05, 4.69) is 0 Å². The summed E-state index contributed by atoms with van der Waals surface area (Å²) < 4.78 is 0. The maximum atomic E-state index is 10.8. The van der Waals surface area contributed by atoms with Crippen molar-refractivity contribution in [2.75, 3.05) is 0 Å². The van der Waals surface area contributed by atoms with Crippen LogP contribution in [0, 0.1) is 5.41 Å². The first-order valence-electron chi connectivity index (χ1n) is 3.26. The van der Waals surface area contributed by atoms with Crippen molar-refractivity contribution in [3.05, 3.63) is 11.6 Å². The molecule has 2 nitrogen and oxygen atoms in total. The van der Waals surface area contributed by atoms with Gasteiger partial charge in [0, 0.05) is 17.4 Å². The maximum absolute atomic E-state index is 10.8. The van der Waals surface area contributed by atoms with Gasteiger partial charge in [-0.05, 0) is 6.08 Å². The second-order valence-electron chi connectivity index (χ2n) is 3.24. The van der Waals surface area contributed by atoms with Gasteiger partial charge in [0.15, 0.2) is 5.78 Å². The molecule has 0 unspecified atom stereocenters. The molecule has 54 valence electrons. The first-order chi connectivity index (χ1) is 4.56. The lowest BCUT2D eigenvalue weighted by Crippen LogP contribution is -2.11. The lowest BCUT2D eigenvalue weighted by molar-refractivity contribution is -0.115. The Morgan fingerprint density at radius 2 is 2.20 bits per heavy atom. The minimum Gasteiger partial charge on any atom is -0.298 e. The molecular weight excluding hydrogens is 128 g/mol. The molecule has 0 aromatic rings. The molecule has 1 aliphatic carbocycles. The molecule has 0 N–H and O–H groups in total. The van der Waals surface area contributed by atoms with Crippen LogP contribution in [0.1, 0.15) is 20.3 Å². The Balaban J connectivity index is 2.96. The summed E-state index contributed by atoms with van der Waals surface area (Å²) in [6.07, 6.45) is 2.68. The Kier molecular flexibility index (Phi) is 1.47. The smallest absolute Gasteiger partial charge is 0.156 e. The molecule has 0 aliphatic heterocycles. The molecule has 0 aromatic heterocycles. The van der Waals surface area contributed by atoms with Crippen molar-refractivity contribution in [1.29, 1.82) is 0 Å². The van der Waals surface area contributed by atoms with Crippen LogP contribution in [0.25, 0.3) is 0 Å². The van der Waals surface area contributed by atoms with Gasteiger partial charge in [0.2, 0.25) is 0 Å². The van der Waals surface area contributed by atoms with Crippen LogP contribution in [-0.2, 0) is 9.59 Å². The van der Waals surface area contributed by atoms with Crippen LogP contribution >= 0.6 is 0 Å². The number of hydrogen-bond donors (Lipinski definition) is 0. The summed E-state index contributed by atoms with van der Waals surface area (Å²) in [6, 6.07) is 0. The van der Waals surface area contributed by atoms with Crippen LogP contribution < -0.4 is 0 Å². The van der Waals surface area contributed by atoms with E-state index in [0.29, 0.717) is 12.0 Å². The Labute approximate surface area is 59.9 Å². The average Bonchev–Trinajstić information content (AvgIpc) is 2.04. The summed E-state index contributed by atoms with van der Waals surface area (Å²) in [4.78, 5) is 21.1. The summed E-state index contributed by atoms with van der Waals surface area (Å²) in [6.45, 7) is 3.80. The van der Waals surface area contributed by atoms with Gasteiger partial charge in [-0.3, -0.25) is 9.59 Å². The topological polar surface area (TPSA) is 34.1 Å². The standard InChI is InChI=1S/C8H10O2/c1-8(2)4-7(10)3-6(8)5-9/h3,5H,4H2,1-2H3. The lowest BCUT2D eigenvalue weighted by atomic mass is 9.86. The predicted molar refractivity (Wildman–Crippen MR) is 37.6 cm³/mol. The number of allylic oxidation sites excluding steroid dienone is 2. The number of rotatable bonds is 1. The molecule has 0 bridgehead atoms. The predicted octanol–water partition coefficient (Wildman–Crippen LogP) is 1.11. The third-order valence-corrected chi connectivity index (χ3v) is 1.84. The summed E-state index contributed by atoms with van der Waals surface area (Å²) >= 11 is 0. The summed E-state index contributed by atoms with van der Waals surface area (Å²) in [5, 5.41) is 0. The molecule has 10 heavy (non-hydrogen) atoms. The number of carbonyl (C=O) groups excluding carboxylic acids is 2. The second kappa shape index (κ2) is 2.04. The fourth-order valence-corrected chi connectivity index (χ4v) is 1.15. The minimum absolute atomic E-state index is 0.0621. The highest BCUT2D eigenvalue weighted by atomic mass is 16.1. The van der Waals surface area contributed by atoms with E-state index in [-0.39, 0.29) is 11.2 Å². The van der Waals surface area contributed by atoms with E-state index >= 15 is 0 Å². The van der Waals surface area contributed by atoms with Crippen LogP contribution in [0.5, 0.6) is 0 Å². The zero-order chi connectivity index (χ0) is 7.78. The van der Waals surface area contributed by atoms with Gasteiger partial charge in [-0.1, -0.05) is 13.8 Å². The van der Waals surface area contributed by atoms with E-state index < -0.39 is 0 Å². The van der Waals surface area contributed by atoms with E-state index in [4.69, 9.17) is 0 Å². The third kappa shape index (κ3) is 1.01. The average molecular weight is 138 g/mol. The van der Waals surface area contributed by atoms with E-state index in [1.165, 1.54) is 6.08 Å². The number of hydrogen-bond acceptors (Lipinski definition) is 2. The Morgan fingerprint density at radius 1 is 1.60 bits per heavy atom. The van der Waals surface area contributed by atoms with Gasteiger partial charge in [-0.25, -0.2) is 0 Å². The van der Waals surface area contributed by atoms with E-state index in [1.807, 2.05) is 13.8 Å².